The molecule has 20 heavy (non-hydrogen) atoms. The summed E-state index contributed by atoms with van der Waals surface area (Å²) >= 11 is 0. The third kappa shape index (κ3) is 5.98. The maximum Gasteiger partial charge on any atom is 0.191 e. The first kappa shape index (κ1) is 19.0. The Hall–Kier alpha value is -0.980. The number of benzene rings is 1. The van der Waals surface area contributed by atoms with Gasteiger partial charge in [-0.25, -0.2) is 4.99 Å². The van der Waals surface area contributed by atoms with Gasteiger partial charge in [-0.1, -0.05) is 6.07 Å². The molecule has 114 valence electrons. The van der Waals surface area contributed by atoms with Crippen molar-refractivity contribution in [1.82, 2.24) is 10.6 Å². The van der Waals surface area contributed by atoms with Crippen LogP contribution in [0, 0.1) is 6.92 Å². The molecule has 0 saturated carbocycles. The van der Waals surface area contributed by atoms with Crippen LogP contribution in [0.4, 0.5) is 5.69 Å². The molecule has 0 unspecified atom stereocenters. The van der Waals surface area contributed by atoms with Crippen LogP contribution in [0.15, 0.2) is 23.2 Å². The lowest BCUT2D eigenvalue weighted by atomic mass is 10.1. The molecule has 0 aliphatic heterocycles. The summed E-state index contributed by atoms with van der Waals surface area (Å²) in [7, 11) is 4.11. The third-order valence-electron chi connectivity index (χ3n) is 2.94. The predicted octanol–water partition coefficient (Wildman–Crippen LogP) is 2.75. The Bertz CT molecular complexity index is 422. The van der Waals surface area contributed by atoms with E-state index in [1.807, 2.05) is 0 Å². The number of aryl methyl sites for hydroxylation is 1. The number of halogens is 1. The minimum absolute atomic E-state index is 0. The van der Waals surface area contributed by atoms with Crippen LogP contribution in [0.5, 0.6) is 0 Å². The quantitative estimate of drug-likeness (QED) is 0.462. The van der Waals surface area contributed by atoms with E-state index in [1.54, 1.807) is 0 Å². The van der Waals surface area contributed by atoms with Gasteiger partial charge in [0.25, 0.3) is 0 Å². The SMILES string of the molecule is CCNC(=NCc1ccc(N(C)C)cc1C)NCC.I. The van der Waals surface area contributed by atoms with Crippen LogP contribution in [0.3, 0.4) is 0 Å². The van der Waals surface area contributed by atoms with Crippen molar-refractivity contribution in [3.8, 4) is 0 Å². The summed E-state index contributed by atoms with van der Waals surface area (Å²) in [5.41, 5.74) is 3.77. The van der Waals surface area contributed by atoms with Gasteiger partial charge >= 0.3 is 0 Å². The maximum atomic E-state index is 4.59. The van der Waals surface area contributed by atoms with Gasteiger partial charge < -0.3 is 15.5 Å². The Morgan fingerprint density at radius 1 is 1.15 bits per heavy atom. The Kier molecular flexibility index (Phi) is 9.37. The van der Waals surface area contributed by atoms with E-state index in [0.717, 1.165) is 19.0 Å². The number of hydrogen-bond donors (Lipinski definition) is 2. The molecule has 0 aliphatic rings. The number of guanidine groups is 1. The Balaban J connectivity index is 0.00000361. The molecule has 1 rings (SSSR count). The second kappa shape index (κ2) is 9.85. The summed E-state index contributed by atoms with van der Waals surface area (Å²) in [5.74, 6) is 0.876. The summed E-state index contributed by atoms with van der Waals surface area (Å²) in [6.45, 7) is 8.75. The van der Waals surface area contributed by atoms with Crippen LogP contribution < -0.4 is 15.5 Å². The third-order valence-corrected chi connectivity index (χ3v) is 2.94. The standard InChI is InChI=1S/C15H26N4.HI/c1-6-16-15(17-7-2)18-11-13-8-9-14(19(4)5)10-12(13)3;/h8-10H,6-7,11H2,1-5H3,(H2,16,17,18);1H. The molecule has 0 fully saturated rings. The van der Waals surface area contributed by atoms with Crippen molar-refractivity contribution >= 4 is 35.6 Å². The van der Waals surface area contributed by atoms with Gasteiger partial charge in [0, 0.05) is 32.9 Å². The number of rotatable bonds is 5. The van der Waals surface area contributed by atoms with Crippen LogP contribution in [-0.4, -0.2) is 33.1 Å². The molecule has 1 aromatic carbocycles. The highest BCUT2D eigenvalue weighted by molar-refractivity contribution is 14.0. The van der Waals surface area contributed by atoms with E-state index in [9.17, 15) is 0 Å². The number of nitrogens with one attached hydrogen (secondary N) is 2. The maximum absolute atomic E-state index is 4.59. The predicted molar refractivity (Wildman–Crippen MR) is 99.4 cm³/mol. The summed E-state index contributed by atoms with van der Waals surface area (Å²) in [5, 5.41) is 6.47. The molecule has 0 aromatic heterocycles. The average molecular weight is 390 g/mol. The van der Waals surface area contributed by atoms with Crippen LogP contribution in [-0.2, 0) is 6.54 Å². The number of hydrogen-bond acceptors (Lipinski definition) is 2. The molecular weight excluding hydrogens is 363 g/mol. The van der Waals surface area contributed by atoms with Crippen molar-refractivity contribution in [1.29, 1.82) is 0 Å². The topological polar surface area (TPSA) is 39.7 Å². The highest BCUT2D eigenvalue weighted by Gasteiger charge is 2.02. The largest absolute Gasteiger partial charge is 0.378 e. The first-order valence-corrected chi connectivity index (χ1v) is 6.87. The van der Waals surface area contributed by atoms with Crippen molar-refractivity contribution in [2.24, 2.45) is 4.99 Å². The van der Waals surface area contributed by atoms with Gasteiger partial charge in [0.2, 0.25) is 0 Å². The van der Waals surface area contributed by atoms with Crippen molar-refractivity contribution in [3.05, 3.63) is 29.3 Å². The molecule has 0 spiro atoms. The summed E-state index contributed by atoms with van der Waals surface area (Å²) in [4.78, 5) is 6.70. The van der Waals surface area contributed by atoms with E-state index in [2.05, 4.69) is 73.6 Å². The number of nitrogens with zero attached hydrogens (tertiary/aromatic N) is 2. The molecule has 1 aromatic rings. The highest BCUT2D eigenvalue weighted by Crippen LogP contribution is 2.17. The van der Waals surface area contributed by atoms with Gasteiger partial charge in [-0.15, -0.1) is 24.0 Å². The number of anilines is 1. The molecule has 4 nitrogen and oxygen atoms in total. The van der Waals surface area contributed by atoms with Crippen LogP contribution >= 0.6 is 24.0 Å². The molecule has 5 heteroatoms. The molecule has 0 radical (unpaired) electrons. The van der Waals surface area contributed by atoms with E-state index in [0.29, 0.717) is 6.54 Å². The minimum Gasteiger partial charge on any atom is -0.378 e. The van der Waals surface area contributed by atoms with Crippen molar-refractivity contribution in [2.75, 3.05) is 32.1 Å². The van der Waals surface area contributed by atoms with Gasteiger partial charge in [-0.3, -0.25) is 0 Å². The zero-order chi connectivity index (χ0) is 14.3. The smallest absolute Gasteiger partial charge is 0.191 e. The number of aliphatic imine (C=N–C) groups is 1. The van der Waals surface area contributed by atoms with Gasteiger partial charge in [-0.05, 0) is 44.0 Å². The zero-order valence-electron chi connectivity index (χ0n) is 13.2. The molecule has 0 atom stereocenters. The summed E-state index contributed by atoms with van der Waals surface area (Å²) in [6, 6.07) is 6.49. The van der Waals surface area contributed by atoms with Crippen LogP contribution in [0.25, 0.3) is 0 Å². The molecule has 0 saturated heterocycles. The van der Waals surface area contributed by atoms with E-state index in [1.165, 1.54) is 16.8 Å². The van der Waals surface area contributed by atoms with Crippen molar-refractivity contribution < 1.29 is 0 Å². The average Bonchev–Trinajstić information content (AvgIpc) is 2.37. The molecule has 0 amide bonds. The van der Waals surface area contributed by atoms with E-state index >= 15 is 0 Å². The monoisotopic (exact) mass is 390 g/mol. The molecule has 0 aliphatic carbocycles. The summed E-state index contributed by atoms with van der Waals surface area (Å²) in [6.07, 6.45) is 0. The second-order valence-corrected chi connectivity index (χ2v) is 4.73. The van der Waals surface area contributed by atoms with Gasteiger partial charge in [0.15, 0.2) is 5.96 Å². The lowest BCUT2D eigenvalue weighted by molar-refractivity contribution is 0.838. The van der Waals surface area contributed by atoms with E-state index in [4.69, 9.17) is 0 Å². The van der Waals surface area contributed by atoms with Gasteiger partial charge in [0.05, 0.1) is 6.54 Å². The van der Waals surface area contributed by atoms with Crippen LogP contribution in [0.1, 0.15) is 25.0 Å². The first-order valence-electron chi connectivity index (χ1n) is 6.87. The van der Waals surface area contributed by atoms with E-state index in [-0.39, 0.29) is 24.0 Å². The normalized spacial score (nSPS) is 9.45. The fourth-order valence-corrected chi connectivity index (χ4v) is 1.81. The molecule has 2 N–H and O–H groups in total. The van der Waals surface area contributed by atoms with Gasteiger partial charge in [-0.2, -0.15) is 0 Å². The lowest BCUT2D eigenvalue weighted by Crippen LogP contribution is -2.37. The van der Waals surface area contributed by atoms with Crippen molar-refractivity contribution in [3.63, 3.8) is 0 Å². The zero-order valence-corrected chi connectivity index (χ0v) is 15.5. The second-order valence-electron chi connectivity index (χ2n) is 4.73. The summed E-state index contributed by atoms with van der Waals surface area (Å²) < 4.78 is 0. The first-order chi connectivity index (χ1) is 9.08. The Morgan fingerprint density at radius 2 is 1.75 bits per heavy atom. The Labute approximate surface area is 140 Å². The van der Waals surface area contributed by atoms with E-state index < -0.39 is 0 Å². The van der Waals surface area contributed by atoms with Crippen molar-refractivity contribution in [2.45, 2.75) is 27.3 Å². The highest BCUT2D eigenvalue weighted by atomic mass is 127. The Morgan fingerprint density at radius 3 is 2.20 bits per heavy atom. The molecular formula is C15H27IN4. The fraction of sp³-hybridized carbons (Fsp3) is 0.533. The minimum atomic E-state index is 0. The lowest BCUT2D eigenvalue weighted by Gasteiger charge is -2.15. The fourth-order valence-electron chi connectivity index (χ4n) is 1.81. The van der Waals surface area contributed by atoms with Crippen LogP contribution in [0.2, 0.25) is 0 Å². The van der Waals surface area contributed by atoms with Gasteiger partial charge in [0.1, 0.15) is 0 Å². The molecule has 0 heterocycles. The molecule has 0 bridgehead atoms.